The van der Waals surface area contributed by atoms with Crippen molar-refractivity contribution in [2.24, 2.45) is 0 Å². The molecule has 37 heavy (non-hydrogen) atoms. The Labute approximate surface area is 227 Å². The molecule has 4 nitrogen and oxygen atoms in total. The van der Waals surface area contributed by atoms with Gasteiger partial charge in [0.2, 0.25) is 0 Å². The highest BCUT2D eigenvalue weighted by atomic mass is 16.5. The third-order valence-corrected chi connectivity index (χ3v) is 7.13. The Morgan fingerprint density at radius 3 is 1.59 bits per heavy atom. The van der Waals surface area contributed by atoms with Crippen LogP contribution in [0.2, 0.25) is 0 Å². The van der Waals surface area contributed by atoms with Crippen LogP contribution < -0.4 is 4.74 Å². The van der Waals surface area contributed by atoms with Crippen molar-refractivity contribution in [3.63, 3.8) is 0 Å². The van der Waals surface area contributed by atoms with E-state index in [1.165, 1.54) is 108 Å². The van der Waals surface area contributed by atoms with Crippen LogP contribution in [0.4, 0.5) is 0 Å². The summed E-state index contributed by atoms with van der Waals surface area (Å²) in [4.78, 5) is 21.0. The Balaban J connectivity index is 1.58. The summed E-state index contributed by atoms with van der Waals surface area (Å²) in [5.41, 5.74) is 2.36. The van der Waals surface area contributed by atoms with E-state index in [2.05, 4.69) is 48.1 Å². The van der Waals surface area contributed by atoms with E-state index >= 15 is 0 Å². The van der Waals surface area contributed by atoms with Crippen LogP contribution >= 0.6 is 0 Å². The molecule has 1 aromatic carbocycles. The fourth-order valence-corrected chi connectivity index (χ4v) is 4.74. The van der Waals surface area contributed by atoms with Crippen molar-refractivity contribution in [1.29, 1.82) is 0 Å². The number of hydrogen-bond donors (Lipinski definition) is 0. The largest absolute Gasteiger partial charge is 0.423 e. The fraction of sp³-hybridized carbons (Fsp3) is 0.667. The lowest BCUT2D eigenvalue weighted by Crippen LogP contribution is -2.08. The van der Waals surface area contributed by atoms with Gasteiger partial charge in [-0.1, -0.05) is 141 Å². The number of carbonyl (C=O) groups excluding carboxylic acids is 1. The number of esters is 1. The lowest BCUT2D eigenvalue weighted by molar-refractivity contribution is -0.134. The molecule has 0 saturated carbocycles. The predicted molar refractivity (Wildman–Crippen MR) is 156 cm³/mol. The zero-order valence-electron chi connectivity index (χ0n) is 23.8. The molecule has 0 bridgehead atoms. The van der Waals surface area contributed by atoms with E-state index in [0.29, 0.717) is 18.0 Å². The first-order chi connectivity index (χ1) is 18.2. The molecule has 0 aliphatic heterocycles. The van der Waals surface area contributed by atoms with Gasteiger partial charge in [-0.15, -0.1) is 0 Å². The number of rotatable bonds is 22. The van der Waals surface area contributed by atoms with Crippen LogP contribution in [0, 0.1) is 0 Å². The van der Waals surface area contributed by atoms with Gasteiger partial charge in [-0.05, 0) is 24.8 Å². The Kier molecular flexibility index (Phi) is 17.4. The molecule has 0 saturated heterocycles. The van der Waals surface area contributed by atoms with Crippen LogP contribution in [0.3, 0.4) is 0 Å². The zero-order chi connectivity index (χ0) is 26.4. The highest BCUT2D eigenvalue weighted by Crippen LogP contribution is 2.19. The van der Waals surface area contributed by atoms with Gasteiger partial charge in [0.25, 0.3) is 0 Å². The maximum absolute atomic E-state index is 12.1. The number of unbranched alkanes of at least 4 members (excludes halogenated alkanes) is 16. The molecular weight excluding hydrogens is 456 g/mol. The molecule has 0 N–H and O–H groups in total. The summed E-state index contributed by atoms with van der Waals surface area (Å²) in [7, 11) is 0. The zero-order valence-corrected chi connectivity index (χ0v) is 23.8. The van der Waals surface area contributed by atoms with E-state index < -0.39 is 0 Å². The molecule has 0 aliphatic rings. The van der Waals surface area contributed by atoms with E-state index in [9.17, 15) is 4.79 Å². The van der Waals surface area contributed by atoms with Crippen LogP contribution in [-0.4, -0.2) is 15.9 Å². The Morgan fingerprint density at radius 2 is 1.08 bits per heavy atom. The number of aromatic nitrogens is 2. The maximum atomic E-state index is 12.1. The Hall–Kier alpha value is -2.23. The topological polar surface area (TPSA) is 52.1 Å². The lowest BCUT2D eigenvalue weighted by atomic mass is 10.0. The second-order valence-electron chi connectivity index (χ2n) is 10.6. The van der Waals surface area contributed by atoms with E-state index in [1.54, 1.807) is 12.4 Å². The van der Waals surface area contributed by atoms with Crippen molar-refractivity contribution in [1.82, 2.24) is 9.97 Å². The summed E-state index contributed by atoms with van der Waals surface area (Å²) in [6, 6.07) is 8.55. The minimum Gasteiger partial charge on any atom is -0.423 e. The number of aryl methyl sites for hydroxylation is 1. The van der Waals surface area contributed by atoms with Gasteiger partial charge in [0.15, 0.2) is 11.6 Å². The van der Waals surface area contributed by atoms with E-state index in [0.717, 1.165) is 24.8 Å². The van der Waals surface area contributed by atoms with Gasteiger partial charge in [-0.25, -0.2) is 9.97 Å². The molecule has 1 heterocycles. The van der Waals surface area contributed by atoms with Gasteiger partial charge in [-0.3, -0.25) is 4.79 Å². The number of benzene rings is 1. The summed E-state index contributed by atoms with van der Waals surface area (Å²) < 4.78 is 5.43. The molecule has 0 amide bonds. The molecule has 1 aromatic heterocycles. The van der Waals surface area contributed by atoms with Crippen molar-refractivity contribution in [3.05, 3.63) is 42.2 Å². The van der Waals surface area contributed by atoms with Crippen LogP contribution in [0.25, 0.3) is 11.4 Å². The van der Waals surface area contributed by atoms with Crippen molar-refractivity contribution < 1.29 is 9.53 Å². The van der Waals surface area contributed by atoms with Gasteiger partial charge in [-0.2, -0.15) is 0 Å². The van der Waals surface area contributed by atoms with E-state index in [-0.39, 0.29) is 5.97 Å². The molecule has 206 valence electrons. The van der Waals surface area contributed by atoms with Crippen molar-refractivity contribution in [2.45, 2.75) is 142 Å². The smallest absolute Gasteiger partial charge is 0.311 e. The molecule has 2 rings (SSSR count). The van der Waals surface area contributed by atoms with Crippen LogP contribution in [-0.2, 0) is 11.2 Å². The molecular formula is C33H52N2O2. The summed E-state index contributed by atoms with van der Waals surface area (Å²) in [6.45, 7) is 4.52. The summed E-state index contributed by atoms with van der Waals surface area (Å²) in [6.07, 6.45) is 28.1. The number of ether oxygens (including phenoxy) is 1. The number of nitrogens with zero attached hydrogens (tertiary/aromatic N) is 2. The Bertz CT molecular complexity index is 817. The van der Waals surface area contributed by atoms with E-state index in [4.69, 9.17) is 4.74 Å². The monoisotopic (exact) mass is 508 g/mol. The maximum Gasteiger partial charge on any atom is 0.311 e. The normalized spacial score (nSPS) is 11.1. The average Bonchev–Trinajstić information content (AvgIpc) is 2.92. The molecule has 2 aromatic rings. The van der Waals surface area contributed by atoms with Crippen molar-refractivity contribution >= 4 is 5.97 Å². The number of hydrogen-bond acceptors (Lipinski definition) is 4. The summed E-state index contributed by atoms with van der Waals surface area (Å²) in [5, 5.41) is 0. The molecule has 0 unspecified atom stereocenters. The van der Waals surface area contributed by atoms with E-state index in [1.807, 2.05) is 0 Å². The van der Waals surface area contributed by atoms with Gasteiger partial charge in [0.05, 0.1) is 12.4 Å². The molecule has 0 atom stereocenters. The number of carbonyl (C=O) groups is 1. The third kappa shape index (κ3) is 14.9. The van der Waals surface area contributed by atoms with Gasteiger partial charge in [0, 0.05) is 12.0 Å². The quantitative estimate of drug-likeness (QED) is 0.117. The van der Waals surface area contributed by atoms with Crippen molar-refractivity contribution in [3.8, 4) is 17.1 Å². The van der Waals surface area contributed by atoms with Crippen LogP contribution in [0.1, 0.15) is 141 Å². The molecule has 0 radical (unpaired) electrons. The second-order valence-corrected chi connectivity index (χ2v) is 10.6. The lowest BCUT2D eigenvalue weighted by Gasteiger charge is -2.06. The first kappa shape index (κ1) is 31.0. The molecule has 0 aliphatic carbocycles. The first-order valence-corrected chi connectivity index (χ1v) is 15.3. The van der Waals surface area contributed by atoms with Gasteiger partial charge < -0.3 is 4.74 Å². The Morgan fingerprint density at radius 1 is 0.622 bits per heavy atom. The van der Waals surface area contributed by atoms with Crippen molar-refractivity contribution in [2.75, 3.05) is 0 Å². The predicted octanol–water partition coefficient (Wildman–Crippen LogP) is 10.0. The molecule has 0 fully saturated rings. The highest BCUT2D eigenvalue weighted by Gasteiger charge is 2.07. The van der Waals surface area contributed by atoms with Crippen LogP contribution in [0.5, 0.6) is 5.75 Å². The third-order valence-electron chi connectivity index (χ3n) is 7.13. The minimum absolute atomic E-state index is 0.194. The molecule has 0 spiro atoms. The minimum atomic E-state index is -0.194. The van der Waals surface area contributed by atoms with Crippen LogP contribution in [0.15, 0.2) is 36.7 Å². The van der Waals surface area contributed by atoms with Gasteiger partial charge >= 0.3 is 5.97 Å². The first-order valence-electron chi connectivity index (χ1n) is 15.3. The highest BCUT2D eigenvalue weighted by molar-refractivity contribution is 5.72. The summed E-state index contributed by atoms with van der Waals surface area (Å²) in [5.74, 6) is 0.889. The standard InChI is InChI=1S/C33H52N2O2/c1-3-5-7-9-11-13-15-17-19-21-29-23-25-30(26-24-29)33-34-27-31(28-35-33)37-32(36)22-20-18-16-14-12-10-8-6-4-2/h23-28H,3-22H2,1-2H3. The average molecular weight is 509 g/mol. The second kappa shape index (κ2) is 20.8. The SMILES string of the molecule is CCCCCCCCCCCC(=O)Oc1cnc(-c2ccc(CCCCCCCCCCC)cc2)nc1. The summed E-state index contributed by atoms with van der Waals surface area (Å²) >= 11 is 0. The molecule has 4 heteroatoms. The van der Waals surface area contributed by atoms with Gasteiger partial charge in [0.1, 0.15) is 0 Å². The fourth-order valence-electron chi connectivity index (χ4n) is 4.74.